The lowest BCUT2D eigenvalue weighted by molar-refractivity contribution is 0.451. The Morgan fingerprint density at radius 2 is 2.30 bits per heavy atom. The maximum atomic E-state index is 12.3. The Labute approximate surface area is 58.6 Å². The summed E-state index contributed by atoms with van der Waals surface area (Å²) in [4.78, 5) is 0. The molecule has 0 aromatic heterocycles. The van der Waals surface area contributed by atoms with Crippen LogP contribution in [0.15, 0.2) is 24.3 Å². The predicted molar refractivity (Wildman–Crippen MR) is 36.4 cm³/mol. The number of benzene rings is 1. The normalized spacial score (nSPS) is 9.00. The standard InChI is InChI=1S/C6H6BFO2/c8-5-2-1-3-6(4-5)10-7-9/h1-4,7,9H. The summed E-state index contributed by atoms with van der Waals surface area (Å²) in [5.74, 6) is -0.0338. The minimum atomic E-state index is -0.427. The molecule has 4 heteroatoms. The third-order valence-electron chi connectivity index (χ3n) is 1.03. The molecule has 0 spiro atoms. The fourth-order valence-electron chi connectivity index (χ4n) is 0.631. The van der Waals surface area contributed by atoms with Gasteiger partial charge in [-0.25, -0.2) is 4.39 Å². The van der Waals surface area contributed by atoms with Crippen LogP contribution in [0.4, 0.5) is 4.39 Å². The summed E-state index contributed by atoms with van der Waals surface area (Å²) in [5, 5.41) is 8.27. The molecule has 1 N–H and O–H groups in total. The van der Waals surface area contributed by atoms with E-state index in [0.717, 1.165) is 0 Å². The van der Waals surface area contributed by atoms with Gasteiger partial charge in [0.1, 0.15) is 11.6 Å². The molecule has 10 heavy (non-hydrogen) atoms. The van der Waals surface area contributed by atoms with Gasteiger partial charge in [-0.1, -0.05) is 6.07 Å². The summed E-state index contributed by atoms with van der Waals surface area (Å²) < 4.78 is 16.9. The molecular formula is C6H6BFO2. The molecule has 0 aliphatic rings. The van der Waals surface area contributed by atoms with E-state index in [1.807, 2.05) is 0 Å². The van der Waals surface area contributed by atoms with Gasteiger partial charge in [0.25, 0.3) is 0 Å². The molecule has 1 aromatic rings. The van der Waals surface area contributed by atoms with Crippen molar-refractivity contribution < 1.29 is 14.1 Å². The molecule has 0 fully saturated rings. The molecule has 0 heterocycles. The van der Waals surface area contributed by atoms with Gasteiger partial charge in [0.2, 0.25) is 0 Å². The van der Waals surface area contributed by atoms with E-state index >= 15 is 0 Å². The zero-order valence-electron chi connectivity index (χ0n) is 5.25. The van der Waals surface area contributed by atoms with Crippen LogP contribution in [-0.2, 0) is 0 Å². The maximum Gasteiger partial charge on any atom is 0.504 e. The van der Waals surface area contributed by atoms with Gasteiger partial charge in [-0.3, -0.25) is 0 Å². The lowest BCUT2D eigenvalue weighted by Gasteiger charge is -1.99. The molecule has 0 radical (unpaired) electrons. The summed E-state index contributed by atoms with van der Waals surface area (Å²) in [6.07, 6.45) is 0. The minimum Gasteiger partial charge on any atom is -0.539 e. The highest BCUT2D eigenvalue weighted by Crippen LogP contribution is 2.10. The summed E-state index contributed by atoms with van der Waals surface area (Å²) >= 11 is 0. The van der Waals surface area contributed by atoms with Gasteiger partial charge >= 0.3 is 7.69 Å². The fourth-order valence-corrected chi connectivity index (χ4v) is 0.631. The van der Waals surface area contributed by atoms with E-state index in [-0.39, 0.29) is 5.82 Å². The maximum absolute atomic E-state index is 12.3. The van der Waals surface area contributed by atoms with Crippen molar-refractivity contribution in [1.29, 1.82) is 0 Å². The zero-order valence-corrected chi connectivity index (χ0v) is 5.25. The molecule has 0 aliphatic heterocycles. The lowest BCUT2D eigenvalue weighted by Crippen LogP contribution is -1.99. The molecule has 0 saturated heterocycles. The first-order chi connectivity index (χ1) is 4.83. The van der Waals surface area contributed by atoms with Crippen LogP contribution in [0.25, 0.3) is 0 Å². The number of halogens is 1. The molecule has 0 amide bonds. The van der Waals surface area contributed by atoms with E-state index in [4.69, 9.17) is 5.02 Å². The molecule has 2 nitrogen and oxygen atoms in total. The van der Waals surface area contributed by atoms with Gasteiger partial charge in [0.05, 0.1) is 0 Å². The number of rotatable bonds is 2. The SMILES string of the molecule is OBOc1cccc(F)c1. The Morgan fingerprint density at radius 1 is 1.50 bits per heavy atom. The fraction of sp³-hybridized carbons (Fsp3) is 0. The van der Waals surface area contributed by atoms with Gasteiger partial charge in [0.15, 0.2) is 0 Å². The van der Waals surface area contributed by atoms with Crippen molar-refractivity contribution in [3.05, 3.63) is 30.1 Å². The van der Waals surface area contributed by atoms with E-state index in [1.54, 1.807) is 6.07 Å². The second-order valence-electron chi connectivity index (χ2n) is 1.73. The van der Waals surface area contributed by atoms with Crippen LogP contribution in [0.1, 0.15) is 0 Å². The minimum absolute atomic E-state index is 0.336. The molecular weight excluding hydrogens is 134 g/mol. The second kappa shape index (κ2) is 3.22. The summed E-state index contributed by atoms with van der Waals surface area (Å²) in [7, 11) is -0.427. The van der Waals surface area contributed by atoms with Gasteiger partial charge in [0, 0.05) is 6.07 Å². The van der Waals surface area contributed by atoms with Crippen LogP contribution >= 0.6 is 0 Å². The third kappa shape index (κ3) is 1.74. The molecule has 0 atom stereocenters. The monoisotopic (exact) mass is 140 g/mol. The zero-order chi connectivity index (χ0) is 7.40. The van der Waals surface area contributed by atoms with Gasteiger partial charge in [-0.2, -0.15) is 0 Å². The highest BCUT2D eigenvalue weighted by Gasteiger charge is 1.93. The summed E-state index contributed by atoms with van der Waals surface area (Å²) in [6.45, 7) is 0. The molecule has 0 bridgehead atoms. The van der Waals surface area contributed by atoms with Crippen LogP contribution in [0, 0.1) is 5.82 Å². The largest absolute Gasteiger partial charge is 0.539 e. The van der Waals surface area contributed by atoms with Crippen molar-refractivity contribution in [1.82, 2.24) is 0 Å². The summed E-state index contributed by atoms with van der Waals surface area (Å²) in [6, 6.07) is 5.60. The van der Waals surface area contributed by atoms with Crippen molar-refractivity contribution in [3.8, 4) is 5.75 Å². The third-order valence-corrected chi connectivity index (χ3v) is 1.03. The van der Waals surface area contributed by atoms with Gasteiger partial charge in [-0.15, -0.1) is 0 Å². The van der Waals surface area contributed by atoms with Crippen LogP contribution in [0.3, 0.4) is 0 Å². The molecule has 52 valence electrons. The molecule has 1 rings (SSSR count). The van der Waals surface area contributed by atoms with E-state index in [9.17, 15) is 4.39 Å². The molecule has 0 saturated carbocycles. The quantitative estimate of drug-likeness (QED) is 0.604. The number of hydrogen-bond acceptors (Lipinski definition) is 2. The average molecular weight is 140 g/mol. The Morgan fingerprint density at radius 3 is 2.90 bits per heavy atom. The van der Waals surface area contributed by atoms with Crippen LogP contribution in [0.5, 0.6) is 5.75 Å². The van der Waals surface area contributed by atoms with Crippen molar-refractivity contribution >= 4 is 7.69 Å². The van der Waals surface area contributed by atoms with E-state index in [2.05, 4.69) is 4.65 Å². The number of hydrogen-bond donors (Lipinski definition) is 1. The van der Waals surface area contributed by atoms with E-state index in [0.29, 0.717) is 5.75 Å². The highest BCUT2D eigenvalue weighted by atomic mass is 19.1. The van der Waals surface area contributed by atoms with E-state index < -0.39 is 7.69 Å². The predicted octanol–water partition coefficient (Wildman–Crippen LogP) is 0.463. The van der Waals surface area contributed by atoms with Crippen molar-refractivity contribution in [3.63, 3.8) is 0 Å². The van der Waals surface area contributed by atoms with Gasteiger partial charge in [-0.05, 0) is 12.1 Å². The Hall–Kier alpha value is -1.03. The smallest absolute Gasteiger partial charge is 0.504 e. The first kappa shape index (κ1) is 7.09. The molecule has 0 unspecified atom stereocenters. The second-order valence-corrected chi connectivity index (χ2v) is 1.73. The van der Waals surface area contributed by atoms with Crippen molar-refractivity contribution in [2.24, 2.45) is 0 Å². The highest BCUT2D eigenvalue weighted by molar-refractivity contribution is 6.17. The summed E-state index contributed by atoms with van der Waals surface area (Å²) in [5.41, 5.74) is 0. The average Bonchev–Trinajstić information content (AvgIpc) is 1.88. The van der Waals surface area contributed by atoms with Crippen LogP contribution in [0.2, 0.25) is 0 Å². The molecule has 1 aromatic carbocycles. The van der Waals surface area contributed by atoms with Gasteiger partial charge < -0.3 is 9.68 Å². The molecule has 0 aliphatic carbocycles. The van der Waals surface area contributed by atoms with E-state index in [1.165, 1.54) is 18.2 Å². The van der Waals surface area contributed by atoms with Crippen LogP contribution < -0.4 is 4.65 Å². The first-order valence-corrected chi connectivity index (χ1v) is 2.82. The Balaban J connectivity index is 2.75. The Kier molecular flexibility index (Phi) is 2.28. The first-order valence-electron chi connectivity index (χ1n) is 2.82. The van der Waals surface area contributed by atoms with Crippen molar-refractivity contribution in [2.75, 3.05) is 0 Å². The topological polar surface area (TPSA) is 29.5 Å². The van der Waals surface area contributed by atoms with Crippen LogP contribution in [-0.4, -0.2) is 12.7 Å². The van der Waals surface area contributed by atoms with Crippen molar-refractivity contribution in [2.45, 2.75) is 0 Å². The Bertz CT molecular complexity index is 217. The lowest BCUT2D eigenvalue weighted by atomic mass is 10.3.